The molecule has 0 saturated carbocycles. The van der Waals surface area contributed by atoms with Crippen LogP contribution in [0.4, 0.5) is 5.69 Å². The van der Waals surface area contributed by atoms with Crippen molar-refractivity contribution in [1.29, 1.82) is 0 Å². The van der Waals surface area contributed by atoms with E-state index in [2.05, 4.69) is 41.9 Å². The molecule has 2 rings (SSSR count). The maximum atomic E-state index is 12.6. The monoisotopic (exact) mass is 439 g/mol. The van der Waals surface area contributed by atoms with E-state index in [-0.39, 0.29) is 28.4 Å². The lowest BCUT2D eigenvalue weighted by Gasteiger charge is -2.20. The van der Waals surface area contributed by atoms with Gasteiger partial charge in [0.25, 0.3) is 5.91 Å². The summed E-state index contributed by atoms with van der Waals surface area (Å²) in [5, 5.41) is 8.85. The highest BCUT2D eigenvalue weighted by atomic mass is 32.1. The minimum Gasteiger partial charge on any atom is -0.347 e. The summed E-state index contributed by atoms with van der Waals surface area (Å²) >= 11 is 5.30. The van der Waals surface area contributed by atoms with Crippen LogP contribution in [0.3, 0.4) is 0 Å². The third kappa shape index (κ3) is 8.13. The fourth-order valence-corrected chi connectivity index (χ4v) is 3.32. The first kappa shape index (κ1) is 24.5. The Labute approximate surface area is 191 Å². The van der Waals surface area contributed by atoms with Crippen molar-refractivity contribution in [2.75, 3.05) is 5.32 Å². The molecule has 0 bridgehead atoms. The van der Waals surface area contributed by atoms with Crippen LogP contribution in [0.1, 0.15) is 68.9 Å². The third-order valence-corrected chi connectivity index (χ3v) is 4.83. The van der Waals surface area contributed by atoms with E-state index in [1.807, 2.05) is 39.8 Å². The van der Waals surface area contributed by atoms with Crippen molar-refractivity contribution in [3.05, 3.63) is 65.2 Å². The average molecular weight is 440 g/mol. The molecule has 2 aromatic carbocycles. The molecule has 0 spiro atoms. The van der Waals surface area contributed by atoms with Crippen molar-refractivity contribution < 1.29 is 9.59 Å². The number of rotatable bonds is 6. The zero-order valence-electron chi connectivity index (χ0n) is 19.2. The quantitative estimate of drug-likeness (QED) is 0.552. The molecular formula is C25H33N3O2S. The molecule has 0 aliphatic carbocycles. The number of thiocarbonyl (C=S) groups is 1. The first-order valence-electron chi connectivity index (χ1n) is 10.6. The van der Waals surface area contributed by atoms with Gasteiger partial charge >= 0.3 is 0 Å². The molecule has 6 heteroatoms. The summed E-state index contributed by atoms with van der Waals surface area (Å²) in [7, 11) is 0. The highest BCUT2D eigenvalue weighted by Gasteiger charge is 2.18. The number of nitrogens with one attached hydrogen (secondary N) is 3. The van der Waals surface area contributed by atoms with Gasteiger partial charge in [0.05, 0.1) is 5.92 Å². The Hall–Kier alpha value is -2.73. The van der Waals surface area contributed by atoms with Crippen LogP contribution in [0.2, 0.25) is 0 Å². The van der Waals surface area contributed by atoms with Crippen molar-refractivity contribution in [3.8, 4) is 0 Å². The molecule has 1 atom stereocenters. The summed E-state index contributed by atoms with van der Waals surface area (Å²) in [6.07, 6.45) is 1.02. The standard InChI is InChI=1S/C25H33N3O2S/c1-16(2)14-18-10-12-19(13-11-18)17(3)22(29)27-24(31)26-21-9-7-8-20(15-21)23(30)28-25(4,5)6/h7-13,15-17H,14H2,1-6H3,(H,28,30)(H2,26,27,29,31). The molecule has 5 nitrogen and oxygen atoms in total. The lowest BCUT2D eigenvalue weighted by Crippen LogP contribution is -2.40. The number of carbonyl (C=O) groups is 2. The fraction of sp³-hybridized carbons (Fsp3) is 0.400. The molecule has 0 aliphatic heterocycles. The topological polar surface area (TPSA) is 70.2 Å². The minimum atomic E-state index is -0.336. The lowest BCUT2D eigenvalue weighted by atomic mass is 9.96. The van der Waals surface area contributed by atoms with Gasteiger partial charge in [-0.25, -0.2) is 0 Å². The van der Waals surface area contributed by atoms with Crippen LogP contribution in [0.15, 0.2) is 48.5 Å². The predicted molar refractivity (Wildman–Crippen MR) is 131 cm³/mol. The van der Waals surface area contributed by atoms with Gasteiger partial charge in [-0.15, -0.1) is 0 Å². The second-order valence-corrected chi connectivity index (χ2v) is 9.70. The van der Waals surface area contributed by atoms with Crippen molar-refractivity contribution in [1.82, 2.24) is 10.6 Å². The Morgan fingerprint density at radius 1 is 1.00 bits per heavy atom. The van der Waals surface area contributed by atoms with E-state index in [9.17, 15) is 9.59 Å². The molecule has 0 radical (unpaired) electrons. The molecular weight excluding hydrogens is 406 g/mol. The highest BCUT2D eigenvalue weighted by molar-refractivity contribution is 7.80. The SMILES string of the molecule is CC(C)Cc1ccc(C(C)C(=O)NC(=S)Nc2cccc(C(=O)NC(C)(C)C)c2)cc1. The van der Waals surface area contributed by atoms with Gasteiger partial charge in [0.2, 0.25) is 5.91 Å². The van der Waals surface area contributed by atoms with Gasteiger partial charge in [-0.3, -0.25) is 9.59 Å². The Bertz CT molecular complexity index is 931. The number of hydrogen-bond acceptors (Lipinski definition) is 3. The second kappa shape index (κ2) is 10.5. The van der Waals surface area contributed by atoms with Gasteiger partial charge in [-0.05, 0) is 81.6 Å². The number of amides is 2. The number of hydrogen-bond donors (Lipinski definition) is 3. The van der Waals surface area contributed by atoms with Crippen molar-refractivity contribution in [2.45, 2.75) is 59.4 Å². The maximum absolute atomic E-state index is 12.6. The minimum absolute atomic E-state index is 0.166. The van der Waals surface area contributed by atoms with E-state index in [1.54, 1.807) is 24.3 Å². The van der Waals surface area contributed by atoms with Gasteiger partial charge in [0, 0.05) is 16.8 Å². The lowest BCUT2D eigenvalue weighted by molar-refractivity contribution is -0.120. The fourth-order valence-electron chi connectivity index (χ4n) is 3.10. The van der Waals surface area contributed by atoms with E-state index in [0.29, 0.717) is 17.2 Å². The molecule has 0 saturated heterocycles. The number of carbonyl (C=O) groups excluding carboxylic acids is 2. The predicted octanol–water partition coefficient (Wildman–Crippen LogP) is 5.03. The molecule has 2 aromatic rings. The summed E-state index contributed by atoms with van der Waals surface area (Å²) < 4.78 is 0. The van der Waals surface area contributed by atoms with Crippen LogP contribution in [0, 0.1) is 5.92 Å². The van der Waals surface area contributed by atoms with E-state index in [0.717, 1.165) is 12.0 Å². The maximum Gasteiger partial charge on any atom is 0.251 e. The van der Waals surface area contributed by atoms with E-state index < -0.39 is 0 Å². The van der Waals surface area contributed by atoms with Crippen LogP contribution in [0.5, 0.6) is 0 Å². The summed E-state index contributed by atoms with van der Waals surface area (Å²) in [4.78, 5) is 25.0. The van der Waals surface area contributed by atoms with Crippen LogP contribution in [-0.2, 0) is 11.2 Å². The van der Waals surface area contributed by atoms with Crippen molar-refractivity contribution in [2.24, 2.45) is 5.92 Å². The molecule has 1 unspecified atom stereocenters. The van der Waals surface area contributed by atoms with Gasteiger partial charge in [0.1, 0.15) is 0 Å². The van der Waals surface area contributed by atoms with Crippen molar-refractivity contribution >= 4 is 34.8 Å². The molecule has 166 valence electrons. The summed E-state index contributed by atoms with van der Waals surface area (Å²) in [5.74, 6) is -0.0961. The zero-order valence-corrected chi connectivity index (χ0v) is 20.0. The van der Waals surface area contributed by atoms with E-state index in [1.165, 1.54) is 5.56 Å². The Kier molecular flexibility index (Phi) is 8.34. The number of anilines is 1. The van der Waals surface area contributed by atoms with Gasteiger partial charge in [-0.1, -0.05) is 44.2 Å². The van der Waals surface area contributed by atoms with Crippen LogP contribution in [-0.4, -0.2) is 22.5 Å². The van der Waals surface area contributed by atoms with Gasteiger partial charge < -0.3 is 16.0 Å². The highest BCUT2D eigenvalue weighted by Crippen LogP contribution is 2.18. The molecule has 31 heavy (non-hydrogen) atoms. The van der Waals surface area contributed by atoms with Gasteiger partial charge in [0.15, 0.2) is 5.11 Å². The van der Waals surface area contributed by atoms with Crippen LogP contribution in [0.25, 0.3) is 0 Å². The number of benzene rings is 2. The van der Waals surface area contributed by atoms with Gasteiger partial charge in [-0.2, -0.15) is 0 Å². The van der Waals surface area contributed by atoms with Crippen LogP contribution < -0.4 is 16.0 Å². The Morgan fingerprint density at radius 2 is 1.65 bits per heavy atom. The Balaban J connectivity index is 1.96. The smallest absolute Gasteiger partial charge is 0.251 e. The first-order chi connectivity index (χ1) is 14.4. The molecule has 0 fully saturated rings. The largest absolute Gasteiger partial charge is 0.347 e. The summed E-state index contributed by atoms with van der Waals surface area (Å²) in [6.45, 7) is 12.0. The van der Waals surface area contributed by atoms with E-state index in [4.69, 9.17) is 12.2 Å². The third-order valence-electron chi connectivity index (χ3n) is 4.62. The average Bonchev–Trinajstić information content (AvgIpc) is 2.66. The second-order valence-electron chi connectivity index (χ2n) is 9.29. The normalized spacial score (nSPS) is 12.2. The molecule has 0 aromatic heterocycles. The summed E-state index contributed by atoms with van der Waals surface area (Å²) in [6, 6.07) is 15.1. The molecule has 3 N–H and O–H groups in total. The first-order valence-corrected chi connectivity index (χ1v) is 11.0. The van der Waals surface area contributed by atoms with E-state index >= 15 is 0 Å². The molecule has 2 amide bonds. The molecule has 0 heterocycles. The zero-order chi connectivity index (χ0) is 23.2. The molecule has 0 aliphatic rings. The summed E-state index contributed by atoms with van der Waals surface area (Å²) in [5.41, 5.74) is 3.03. The van der Waals surface area contributed by atoms with Crippen LogP contribution >= 0.6 is 12.2 Å². The Morgan fingerprint density at radius 3 is 2.23 bits per heavy atom. The van der Waals surface area contributed by atoms with Crippen molar-refractivity contribution in [3.63, 3.8) is 0 Å².